The van der Waals surface area contributed by atoms with Crippen molar-refractivity contribution in [2.24, 2.45) is 5.92 Å². The van der Waals surface area contributed by atoms with Gasteiger partial charge in [0.1, 0.15) is 11.6 Å². The number of benzene rings is 2. The quantitative estimate of drug-likeness (QED) is 0.286. The number of anilines is 3. The minimum absolute atomic E-state index is 0.00344. The number of para-hydroxylation sites is 1. The average Bonchev–Trinajstić information content (AvgIpc) is 3.24. The van der Waals surface area contributed by atoms with Crippen LogP contribution in [-0.4, -0.2) is 21.7 Å². The van der Waals surface area contributed by atoms with Crippen molar-refractivity contribution in [3.05, 3.63) is 95.1 Å². The van der Waals surface area contributed by atoms with E-state index in [-0.39, 0.29) is 17.6 Å². The van der Waals surface area contributed by atoms with Crippen LogP contribution in [0.15, 0.2) is 66.9 Å². The molecule has 5 rings (SSSR count). The Morgan fingerprint density at radius 3 is 2.69 bits per heavy atom. The van der Waals surface area contributed by atoms with Gasteiger partial charge in [-0.1, -0.05) is 25.1 Å². The van der Waals surface area contributed by atoms with Crippen LogP contribution in [0, 0.1) is 18.7 Å². The molecular weight excluding hydrogens is 455 g/mol. The zero-order chi connectivity index (χ0) is 25.2. The van der Waals surface area contributed by atoms with E-state index in [0.717, 1.165) is 47.6 Å². The van der Waals surface area contributed by atoms with Gasteiger partial charge in [0.25, 0.3) is 5.91 Å². The lowest BCUT2D eigenvalue weighted by Gasteiger charge is -2.20. The summed E-state index contributed by atoms with van der Waals surface area (Å²) in [6.45, 7) is 3.74. The molecule has 0 unspecified atom stereocenters. The number of H-pyrrole nitrogens is 1. The highest BCUT2D eigenvalue weighted by molar-refractivity contribution is 6.09. The third-order valence-electron chi connectivity index (χ3n) is 6.70. The van der Waals surface area contributed by atoms with Crippen LogP contribution < -0.4 is 10.6 Å². The largest absolute Gasteiger partial charge is 0.356 e. The van der Waals surface area contributed by atoms with E-state index < -0.39 is 5.82 Å². The van der Waals surface area contributed by atoms with Gasteiger partial charge < -0.3 is 15.6 Å². The predicted octanol–water partition coefficient (Wildman–Crippen LogP) is 6.68. The molecule has 6 nitrogen and oxygen atoms in total. The second kappa shape index (κ2) is 9.77. The molecule has 2 aromatic carbocycles. The van der Waals surface area contributed by atoms with Crippen LogP contribution in [0.4, 0.5) is 21.6 Å². The summed E-state index contributed by atoms with van der Waals surface area (Å²) in [6, 6.07) is 17.4. The van der Waals surface area contributed by atoms with Gasteiger partial charge in [0.2, 0.25) is 0 Å². The number of nitrogens with zero attached hydrogens (tertiary/aromatic N) is 1. The van der Waals surface area contributed by atoms with E-state index >= 15 is 0 Å². The predicted molar refractivity (Wildman–Crippen MR) is 139 cm³/mol. The molecule has 0 radical (unpaired) electrons. The van der Waals surface area contributed by atoms with E-state index in [2.05, 4.69) is 20.6 Å². The van der Waals surface area contributed by atoms with Crippen molar-refractivity contribution in [2.45, 2.75) is 33.1 Å². The van der Waals surface area contributed by atoms with Crippen LogP contribution >= 0.6 is 0 Å². The summed E-state index contributed by atoms with van der Waals surface area (Å²) in [5, 5.41) is 6.27. The Morgan fingerprint density at radius 2 is 1.94 bits per heavy atom. The fraction of sp³-hybridized carbons (Fsp3) is 0.207. The maximum atomic E-state index is 13.5. The molecule has 0 aliphatic heterocycles. The van der Waals surface area contributed by atoms with Gasteiger partial charge in [0.05, 0.1) is 16.9 Å². The van der Waals surface area contributed by atoms with Crippen LogP contribution in [0.2, 0.25) is 0 Å². The highest BCUT2D eigenvalue weighted by atomic mass is 19.1. The molecule has 182 valence electrons. The molecule has 0 bridgehead atoms. The fourth-order valence-corrected chi connectivity index (χ4v) is 4.78. The Hall–Kier alpha value is -4.26. The molecule has 1 amide bonds. The lowest BCUT2D eigenvalue weighted by molar-refractivity contribution is 0.0899. The molecule has 2 aromatic heterocycles. The number of hydrogen-bond donors (Lipinski definition) is 3. The Kier molecular flexibility index (Phi) is 6.38. The standard InChI is InChI=1S/C29H27FN4O2/c1-3-18-9-12-23-25(28(18)35)27(32-21-7-5-4-6-8-21)26(33-23)19-13-14-31-24(16-19)34-29(36)22-11-10-20(30)15-17(22)2/h4-8,10-11,13-16,18,32-33H,3,9,12H2,1-2H3,(H,31,34,36)/t18-/m0/s1. The van der Waals surface area contributed by atoms with E-state index in [1.54, 1.807) is 19.2 Å². The second-order valence-electron chi connectivity index (χ2n) is 9.07. The number of amides is 1. The number of aromatic amines is 1. The third kappa shape index (κ3) is 4.52. The van der Waals surface area contributed by atoms with Gasteiger partial charge >= 0.3 is 0 Å². The van der Waals surface area contributed by atoms with Crippen molar-refractivity contribution in [3.63, 3.8) is 0 Å². The fourth-order valence-electron chi connectivity index (χ4n) is 4.78. The SMILES string of the molecule is CC[C@H]1CCc2[nH]c(-c3ccnc(NC(=O)c4ccc(F)cc4C)c3)c(Nc3ccccc3)c2C1=O. The number of aryl methyl sites for hydroxylation is 2. The second-order valence-corrected chi connectivity index (χ2v) is 9.07. The number of pyridine rings is 1. The van der Waals surface area contributed by atoms with E-state index in [9.17, 15) is 14.0 Å². The van der Waals surface area contributed by atoms with Gasteiger partial charge in [0, 0.05) is 34.6 Å². The molecule has 0 saturated carbocycles. The molecular formula is C29H27FN4O2. The number of carbonyl (C=O) groups excluding carboxylic acids is 2. The zero-order valence-electron chi connectivity index (χ0n) is 20.2. The molecule has 1 aliphatic rings. The van der Waals surface area contributed by atoms with Gasteiger partial charge in [-0.3, -0.25) is 9.59 Å². The van der Waals surface area contributed by atoms with Gasteiger partial charge in [0.15, 0.2) is 5.78 Å². The molecule has 0 spiro atoms. The van der Waals surface area contributed by atoms with Crippen LogP contribution in [0.3, 0.4) is 0 Å². The van der Waals surface area contributed by atoms with E-state index in [0.29, 0.717) is 22.5 Å². The first kappa shape index (κ1) is 23.5. The minimum Gasteiger partial charge on any atom is -0.356 e. The third-order valence-corrected chi connectivity index (χ3v) is 6.70. The summed E-state index contributed by atoms with van der Waals surface area (Å²) in [4.78, 5) is 34.0. The number of hydrogen-bond acceptors (Lipinski definition) is 4. The Bertz CT molecular complexity index is 1450. The lowest BCUT2D eigenvalue weighted by atomic mass is 9.84. The van der Waals surface area contributed by atoms with Gasteiger partial charge in [-0.25, -0.2) is 9.37 Å². The highest BCUT2D eigenvalue weighted by Gasteiger charge is 2.32. The first-order valence-electron chi connectivity index (χ1n) is 12.1. The first-order valence-corrected chi connectivity index (χ1v) is 12.1. The zero-order valence-corrected chi connectivity index (χ0v) is 20.2. The first-order chi connectivity index (χ1) is 17.4. The normalized spacial score (nSPS) is 14.9. The summed E-state index contributed by atoms with van der Waals surface area (Å²) >= 11 is 0. The number of fused-ring (bicyclic) bond motifs is 1. The number of ketones is 1. The monoisotopic (exact) mass is 482 g/mol. The number of nitrogens with one attached hydrogen (secondary N) is 3. The van der Waals surface area contributed by atoms with Gasteiger partial charge in [-0.05, 0) is 74.2 Å². The van der Waals surface area contributed by atoms with Crippen LogP contribution in [0.25, 0.3) is 11.3 Å². The molecule has 0 fully saturated rings. The van der Waals surface area contributed by atoms with E-state index in [1.165, 1.54) is 18.2 Å². The van der Waals surface area contributed by atoms with E-state index in [4.69, 9.17) is 0 Å². The smallest absolute Gasteiger partial charge is 0.257 e. The molecule has 0 saturated heterocycles. The van der Waals surface area contributed by atoms with Crippen molar-refractivity contribution in [2.75, 3.05) is 10.6 Å². The molecule has 4 aromatic rings. The molecule has 2 heterocycles. The van der Waals surface area contributed by atoms with Crippen molar-refractivity contribution in [1.29, 1.82) is 0 Å². The Morgan fingerprint density at radius 1 is 1.14 bits per heavy atom. The van der Waals surface area contributed by atoms with E-state index in [1.807, 2.05) is 43.3 Å². The summed E-state index contributed by atoms with van der Waals surface area (Å²) in [5.74, 6) is -0.250. The molecule has 7 heteroatoms. The number of halogens is 1. The topological polar surface area (TPSA) is 86.9 Å². The minimum atomic E-state index is -0.391. The Balaban J connectivity index is 1.53. The summed E-state index contributed by atoms with van der Waals surface area (Å²) in [6.07, 6.45) is 4.03. The summed E-state index contributed by atoms with van der Waals surface area (Å²) < 4.78 is 13.5. The van der Waals surface area contributed by atoms with Crippen LogP contribution in [0.5, 0.6) is 0 Å². The molecule has 1 aliphatic carbocycles. The maximum Gasteiger partial charge on any atom is 0.257 e. The highest BCUT2D eigenvalue weighted by Crippen LogP contribution is 2.41. The molecule has 36 heavy (non-hydrogen) atoms. The Labute approximate surface area is 209 Å². The number of carbonyl (C=O) groups is 2. The molecule has 1 atom stereocenters. The van der Waals surface area contributed by atoms with Crippen LogP contribution in [-0.2, 0) is 6.42 Å². The summed E-state index contributed by atoms with van der Waals surface area (Å²) in [7, 11) is 0. The van der Waals surface area contributed by atoms with Gasteiger partial charge in [-0.2, -0.15) is 0 Å². The number of Topliss-reactive ketones (excluding diaryl/α,β-unsaturated/α-hetero) is 1. The van der Waals surface area contributed by atoms with Crippen molar-refractivity contribution < 1.29 is 14.0 Å². The lowest BCUT2D eigenvalue weighted by Crippen LogP contribution is -2.22. The number of aromatic nitrogens is 2. The van der Waals surface area contributed by atoms with Crippen molar-refractivity contribution in [3.8, 4) is 11.3 Å². The van der Waals surface area contributed by atoms with Gasteiger partial charge in [-0.15, -0.1) is 0 Å². The van der Waals surface area contributed by atoms with Crippen LogP contribution in [0.1, 0.15) is 51.7 Å². The summed E-state index contributed by atoms with van der Waals surface area (Å²) in [5.41, 5.74) is 5.70. The molecule has 3 N–H and O–H groups in total. The maximum absolute atomic E-state index is 13.5. The number of rotatable bonds is 6. The average molecular weight is 483 g/mol. The van der Waals surface area contributed by atoms with Crippen molar-refractivity contribution in [1.82, 2.24) is 9.97 Å². The van der Waals surface area contributed by atoms with Crippen molar-refractivity contribution >= 4 is 28.9 Å².